The van der Waals surface area contributed by atoms with Crippen LogP contribution in [-0.4, -0.2) is 101 Å². The van der Waals surface area contributed by atoms with Crippen molar-refractivity contribution in [3.05, 3.63) is 35.9 Å². The zero-order valence-corrected chi connectivity index (χ0v) is 17.3. The van der Waals surface area contributed by atoms with E-state index in [0.29, 0.717) is 6.04 Å². The number of carbonyl (C=O) groups is 2. The van der Waals surface area contributed by atoms with Crippen LogP contribution in [-0.2, 0) is 16.1 Å². The van der Waals surface area contributed by atoms with Crippen molar-refractivity contribution in [1.29, 1.82) is 0 Å². The molecule has 0 radical (unpaired) electrons. The Morgan fingerprint density at radius 1 is 0.879 bits per heavy atom. The highest BCUT2D eigenvalue weighted by atomic mass is 19.4. The molecule has 14 heteroatoms. The lowest BCUT2D eigenvalue weighted by molar-refractivity contribution is -0.193. The second kappa shape index (κ2) is 12.7. The molecule has 1 aromatic carbocycles. The second-order valence-electron chi connectivity index (χ2n) is 7.20. The van der Waals surface area contributed by atoms with Crippen LogP contribution in [0.1, 0.15) is 5.56 Å². The topological polar surface area (TPSA) is 113 Å². The number of alkyl halides is 6. The Balaban J connectivity index is 0.000000324. The average molecular weight is 489 g/mol. The molecule has 0 bridgehead atoms. The number of carboxylic acids is 2. The van der Waals surface area contributed by atoms with Gasteiger partial charge in [0.1, 0.15) is 0 Å². The van der Waals surface area contributed by atoms with Crippen LogP contribution >= 0.6 is 0 Å². The molecule has 0 amide bonds. The van der Waals surface area contributed by atoms with Gasteiger partial charge in [0.05, 0.1) is 6.10 Å². The first-order valence-corrected chi connectivity index (χ1v) is 9.71. The molecule has 2 aliphatic rings. The molecule has 2 saturated heterocycles. The van der Waals surface area contributed by atoms with Crippen molar-refractivity contribution >= 4 is 11.9 Å². The number of benzene rings is 1. The molecule has 0 aromatic heterocycles. The van der Waals surface area contributed by atoms with Crippen LogP contribution in [0.3, 0.4) is 0 Å². The molecule has 33 heavy (non-hydrogen) atoms. The molecule has 3 rings (SSSR count). The van der Waals surface area contributed by atoms with Crippen molar-refractivity contribution in [3.63, 3.8) is 0 Å². The predicted molar refractivity (Wildman–Crippen MR) is 103 cm³/mol. The Morgan fingerprint density at radius 2 is 1.33 bits per heavy atom. The minimum Gasteiger partial charge on any atom is -0.475 e. The van der Waals surface area contributed by atoms with Gasteiger partial charge >= 0.3 is 24.3 Å². The fraction of sp³-hybridized carbons (Fsp3) is 0.579. The van der Waals surface area contributed by atoms with Gasteiger partial charge < -0.3 is 20.6 Å². The lowest BCUT2D eigenvalue weighted by atomic mass is 10.1. The van der Waals surface area contributed by atoms with Gasteiger partial charge in [-0.05, 0) is 5.56 Å². The van der Waals surface area contributed by atoms with Gasteiger partial charge in [-0.1, -0.05) is 30.3 Å². The van der Waals surface area contributed by atoms with Crippen molar-refractivity contribution in [3.8, 4) is 0 Å². The second-order valence-corrected chi connectivity index (χ2v) is 7.20. The van der Waals surface area contributed by atoms with Gasteiger partial charge in [0, 0.05) is 51.9 Å². The number of piperazine rings is 1. The maximum absolute atomic E-state index is 10.6. The van der Waals surface area contributed by atoms with Crippen molar-refractivity contribution in [2.75, 3.05) is 39.3 Å². The maximum Gasteiger partial charge on any atom is 0.490 e. The molecule has 188 valence electrons. The number of nitrogens with one attached hydrogen (secondary N) is 1. The number of rotatable bonds is 3. The van der Waals surface area contributed by atoms with Crippen molar-refractivity contribution < 1.29 is 51.3 Å². The highest BCUT2D eigenvalue weighted by Gasteiger charge is 2.39. The molecule has 2 heterocycles. The highest BCUT2D eigenvalue weighted by molar-refractivity contribution is 5.73. The number of aliphatic hydroxyl groups excluding tert-OH is 1. The van der Waals surface area contributed by atoms with E-state index in [0.717, 1.165) is 45.8 Å². The lowest BCUT2D eigenvalue weighted by Gasteiger charge is -2.38. The van der Waals surface area contributed by atoms with Crippen LogP contribution in [0.15, 0.2) is 30.3 Å². The number of nitrogens with zero attached hydrogens (tertiary/aromatic N) is 2. The summed E-state index contributed by atoms with van der Waals surface area (Å²) in [5.41, 5.74) is 1.39. The Morgan fingerprint density at radius 3 is 1.70 bits per heavy atom. The van der Waals surface area contributed by atoms with E-state index in [1.54, 1.807) is 0 Å². The van der Waals surface area contributed by atoms with Gasteiger partial charge in [-0.25, -0.2) is 9.59 Å². The highest BCUT2D eigenvalue weighted by Crippen LogP contribution is 2.15. The van der Waals surface area contributed by atoms with Crippen LogP contribution in [0.2, 0.25) is 0 Å². The molecule has 2 fully saturated rings. The summed E-state index contributed by atoms with van der Waals surface area (Å²) in [4.78, 5) is 22.7. The molecule has 2 atom stereocenters. The first kappa shape index (κ1) is 28.6. The third-order valence-corrected chi connectivity index (χ3v) is 4.76. The monoisotopic (exact) mass is 489 g/mol. The first-order chi connectivity index (χ1) is 15.2. The molecule has 0 unspecified atom stereocenters. The summed E-state index contributed by atoms with van der Waals surface area (Å²) in [6, 6.07) is 11.0. The van der Waals surface area contributed by atoms with Gasteiger partial charge in [-0.15, -0.1) is 0 Å². The van der Waals surface area contributed by atoms with Crippen LogP contribution in [0.4, 0.5) is 26.3 Å². The average Bonchev–Trinajstić information content (AvgIpc) is 3.15. The zero-order valence-electron chi connectivity index (χ0n) is 17.3. The first-order valence-electron chi connectivity index (χ1n) is 9.71. The van der Waals surface area contributed by atoms with E-state index < -0.39 is 24.3 Å². The standard InChI is InChI=1S/C15H23N3O.2C2HF3O2/c19-15-11-16-10-14(15)18-8-6-17(7-9-18)12-13-4-2-1-3-5-13;2*3-2(4,5)1(6)7/h1-5,14-16,19H,6-12H2;2*(H,6,7)/t14-,15-;;/m0../s1. The van der Waals surface area contributed by atoms with E-state index in [2.05, 4.69) is 45.4 Å². The van der Waals surface area contributed by atoms with Crippen LogP contribution in [0, 0.1) is 0 Å². The number of aliphatic carboxylic acids is 2. The van der Waals surface area contributed by atoms with Crippen LogP contribution in [0.25, 0.3) is 0 Å². The summed E-state index contributed by atoms with van der Waals surface area (Å²) < 4.78 is 63.5. The third-order valence-electron chi connectivity index (χ3n) is 4.76. The molecular formula is C19H25F6N3O5. The largest absolute Gasteiger partial charge is 0.490 e. The minimum absolute atomic E-state index is 0.194. The Hall–Kier alpha value is -2.42. The number of carboxylic acid groups (broad SMARTS) is 2. The summed E-state index contributed by atoms with van der Waals surface area (Å²) in [6.07, 6.45) is -10.4. The molecule has 1 aromatic rings. The Bertz CT molecular complexity index is 716. The van der Waals surface area contributed by atoms with Crippen molar-refractivity contribution in [1.82, 2.24) is 15.1 Å². The normalized spacial score (nSPS) is 21.9. The molecule has 0 aliphatic carbocycles. The quantitative estimate of drug-likeness (QED) is 0.472. The Kier molecular flexibility index (Phi) is 11.0. The lowest BCUT2D eigenvalue weighted by Crippen LogP contribution is -2.53. The molecule has 2 aliphatic heterocycles. The van der Waals surface area contributed by atoms with E-state index in [-0.39, 0.29) is 6.10 Å². The number of hydrogen-bond acceptors (Lipinski definition) is 6. The zero-order chi connectivity index (χ0) is 25.2. The van der Waals surface area contributed by atoms with Crippen molar-refractivity contribution in [2.24, 2.45) is 0 Å². The van der Waals surface area contributed by atoms with Crippen molar-refractivity contribution in [2.45, 2.75) is 31.0 Å². The molecule has 0 saturated carbocycles. The molecule has 8 nitrogen and oxygen atoms in total. The van der Waals surface area contributed by atoms with E-state index in [4.69, 9.17) is 19.8 Å². The van der Waals surface area contributed by atoms with Crippen LogP contribution in [0.5, 0.6) is 0 Å². The molecule has 4 N–H and O–H groups in total. The van der Waals surface area contributed by atoms with E-state index >= 15 is 0 Å². The maximum atomic E-state index is 10.6. The van der Waals surface area contributed by atoms with E-state index in [1.807, 2.05) is 0 Å². The number of β-amino-alcohol motifs (C(OH)–C–C–N with tert-alkyl or cyclic N) is 1. The van der Waals surface area contributed by atoms with E-state index in [9.17, 15) is 31.4 Å². The Labute approximate surface area is 185 Å². The summed E-state index contributed by atoms with van der Waals surface area (Å²) in [5, 5.41) is 27.4. The SMILES string of the molecule is O=C(O)C(F)(F)F.O=C(O)C(F)(F)F.O[C@H]1CNC[C@@H]1N1CCN(Cc2ccccc2)CC1. The van der Waals surface area contributed by atoms with E-state index in [1.165, 1.54) is 5.56 Å². The summed E-state index contributed by atoms with van der Waals surface area (Å²) >= 11 is 0. The minimum atomic E-state index is -5.08. The fourth-order valence-electron chi connectivity index (χ4n) is 3.12. The third kappa shape index (κ3) is 10.8. The fourth-order valence-corrected chi connectivity index (χ4v) is 3.12. The summed E-state index contributed by atoms with van der Waals surface area (Å²) in [5.74, 6) is -5.51. The summed E-state index contributed by atoms with van der Waals surface area (Å²) in [6.45, 7) is 7.04. The van der Waals surface area contributed by atoms with Gasteiger partial charge in [0.25, 0.3) is 0 Å². The van der Waals surface area contributed by atoms with Gasteiger partial charge in [-0.2, -0.15) is 26.3 Å². The van der Waals surface area contributed by atoms with Gasteiger partial charge in [0.2, 0.25) is 0 Å². The smallest absolute Gasteiger partial charge is 0.475 e. The predicted octanol–water partition coefficient (Wildman–Crippen LogP) is 1.40. The van der Waals surface area contributed by atoms with Crippen LogP contribution < -0.4 is 5.32 Å². The number of halogens is 6. The number of aliphatic hydroxyl groups is 1. The number of hydrogen-bond donors (Lipinski definition) is 4. The molecule has 0 spiro atoms. The van der Waals surface area contributed by atoms with Gasteiger partial charge in [-0.3, -0.25) is 9.80 Å². The summed E-state index contributed by atoms with van der Waals surface area (Å²) in [7, 11) is 0. The van der Waals surface area contributed by atoms with Gasteiger partial charge in [0.15, 0.2) is 0 Å². The molecular weight excluding hydrogens is 464 g/mol.